The van der Waals surface area contributed by atoms with Gasteiger partial charge in [0.05, 0.1) is 5.69 Å². The summed E-state index contributed by atoms with van der Waals surface area (Å²) < 4.78 is 0.729. The van der Waals surface area contributed by atoms with Gasteiger partial charge in [-0.3, -0.25) is 4.79 Å². The predicted molar refractivity (Wildman–Crippen MR) is 56.9 cm³/mol. The van der Waals surface area contributed by atoms with Crippen LogP contribution >= 0.6 is 27.3 Å². The Kier molecular flexibility index (Phi) is 3.87. The molecule has 1 aromatic heterocycles. The lowest BCUT2D eigenvalue weighted by molar-refractivity contribution is 0.100. The van der Waals surface area contributed by atoms with Crippen LogP contribution in [0.15, 0.2) is 3.92 Å². The zero-order valence-electron chi connectivity index (χ0n) is 7.34. The van der Waals surface area contributed by atoms with Crippen molar-refractivity contribution in [3.63, 3.8) is 0 Å². The first kappa shape index (κ1) is 10.7. The Morgan fingerprint density at radius 1 is 1.69 bits per heavy atom. The van der Waals surface area contributed by atoms with Gasteiger partial charge in [-0.25, -0.2) is 4.98 Å². The summed E-state index contributed by atoms with van der Waals surface area (Å²) in [6.45, 7) is 2.10. The Labute approximate surface area is 89.5 Å². The highest BCUT2D eigenvalue weighted by atomic mass is 79.9. The smallest absolute Gasteiger partial charge is 0.260 e. The number of primary amides is 1. The van der Waals surface area contributed by atoms with Gasteiger partial charge in [0.2, 0.25) is 0 Å². The van der Waals surface area contributed by atoms with Gasteiger partial charge >= 0.3 is 0 Å². The number of amides is 1. The molecule has 0 aromatic carbocycles. The van der Waals surface area contributed by atoms with Crippen molar-refractivity contribution in [2.45, 2.75) is 26.2 Å². The van der Waals surface area contributed by atoms with Crippen LogP contribution in [0.3, 0.4) is 0 Å². The van der Waals surface area contributed by atoms with Crippen molar-refractivity contribution >= 4 is 33.2 Å². The number of carbonyl (C=O) groups excluding carboxylic acids is 1. The van der Waals surface area contributed by atoms with Crippen LogP contribution < -0.4 is 5.73 Å². The van der Waals surface area contributed by atoms with Gasteiger partial charge in [-0.1, -0.05) is 13.3 Å². The monoisotopic (exact) mass is 262 g/mol. The molecule has 1 aromatic rings. The predicted octanol–water partition coefficient (Wildman–Crippen LogP) is 2.35. The minimum Gasteiger partial charge on any atom is -0.365 e. The Morgan fingerprint density at radius 2 is 2.38 bits per heavy atom. The molecule has 13 heavy (non-hydrogen) atoms. The van der Waals surface area contributed by atoms with Gasteiger partial charge in [0.1, 0.15) is 4.88 Å². The third-order valence-corrected chi connectivity index (χ3v) is 3.23. The van der Waals surface area contributed by atoms with Crippen LogP contribution in [0, 0.1) is 0 Å². The maximum Gasteiger partial charge on any atom is 0.260 e. The Hall–Kier alpha value is -0.420. The second-order valence-electron chi connectivity index (χ2n) is 2.71. The second-order valence-corrected chi connectivity index (χ2v) is 4.99. The Bertz CT molecular complexity index is 311. The van der Waals surface area contributed by atoms with Gasteiger partial charge in [0.25, 0.3) is 5.91 Å². The highest BCUT2D eigenvalue weighted by Crippen LogP contribution is 2.23. The van der Waals surface area contributed by atoms with Crippen LogP contribution in [-0.2, 0) is 6.42 Å². The second kappa shape index (κ2) is 4.72. The molecule has 0 radical (unpaired) electrons. The molecule has 0 aliphatic rings. The topological polar surface area (TPSA) is 56.0 Å². The SMILES string of the molecule is CCCCc1nc(Br)sc1C(N)=O. The number of nitrogens with zero attached hydrogens (tertiary/aromatic N) is 1. The van der Waals surface area contributed by atoms with E-state index in [9.17, 15) is 4.79 Å². The molecule has 0 spiro atoms. The first-order valence-corrected chi connectivity index (χ1v) is 5.71. The highest BCUT2D eigenvalue weighted by molar-refractivity contribution is 9.11. The highest BCUT2D eigenvalue weighted by Gasteiger charge is 2.13. The molecule has 0 fully saturated rings. The number of aryl methyl sites for hydroxylation is 1. The molecule has 0 aliphatic carbocycles. The van der Waals surface area contributed by atoms with Crippen LogP contribution in [0.4, 0.5) is 0 Å². The minimum atomic E-state index is -0.380. The van der Waals surface area contributed by atoms with Crippen molar-refractivity contribution in [2.24, 2.45) is 5.73 Å². The largest absolute Gasteiger partial charge is 0.365 e. The van der Waals surface area contributed by atoms with E-state index in [2.05, 4.69) is 27.8 Å². The lowest BCUT2D eigenvalue weighted by atomic mass is 10.2. The summed E-state index contributed by atoms with van der Waals surface area (Å²) in [5.74, 6) is -0.380. The van der Waals surface area contributed by atoms with E-state index in [0.717, 1.165) is 28.9 Å². The molecule has 3 nitrogen and oxygen atoms in total. The van der Waals surface area contributed by atoms with Crippen LogP contribution in [0.25, 0.3) is 0 Å². The summed E-state index contributed by atoms with van der Waals surface area (Å²) in [6.07, 6.45) is 2.96. The summed E-state index contributed by atoms with van der Waals surface area (Å²) in [7, 11) is 0. The maximum atomic E-state index is 11.0. The quantitative estimate of drug-likeness (QED) is 0.906. The first-order valence-electron chi connectivity index (χ1n) is 4.10. The van der Waals surface area contributed by atoms with E-state index < -0.39 is 0 Å². The van der Waals surface area contributed by atoms with Gasteiger partial charge in [-0.05, 0) is 28.8 Å². The fourth-order valence-electron chi connectivity index (χ4n) is 1.03. The van der Waals surface area contributed by atoms with E-state index in [-0.39, 0.29) is 5.91 Å². The summed E-state index contributed by atoms with van der Waals surface area (Å²) in [4.78, 5) is 15.8. The van der Waals surface area contributed by atoms with Gasteiger partial charge in [-0.15, -0.1) is 11.3 Å². The van der Waals surface area contributed by atoms with Gasteiger partial charge in [0, 0.05) is 0 Å². The average molecular weight is 263 g/mol. The van der Waals surface area contributed by atoms with Crippen molar-refractivity contribution < 1.29 is 4.79 Å². The van der Waals surface area contributed by atoms with Crippen molar-refractivity contribution in [1.29, 1.82) is 0 Å². The number of hydrogen-bond donors (Lipinski definition) is 1. The van der Waals surface area contributed by atoms with E-state index in [1.54, 1.807) is 0 Å². The molecule has 0 atom stereocenters. The van der Waals surface area contributed by atoms with Crippen molar-refractivity contribution in [3.05, 3.63) is 14.5 Å². The lowest BCUT2D eigenvalue weighted by Gasteiger charge is -1.95. The molecule has 0 saturated carbocycles. The van der Waals surface area contributed by atoms with E-state index in [1.165, 1.54) is 11.3 Å². The summed E-state index contributed by atoms with van der Waals surface area (Å²) in [6, 6.07) is 0. The fraction of sp³-hybridized carbons (Fsp3) is 0.500. The number of aromatic nitrogens is 1. The van der Waals surface area contributed by atoms with Gasteiger partial charge in [-0.2, -0.15) is 0 Å². The third-order valence-electron chi connectivity index (χ3n) is 1.66. The number of unbranched alkanes of at least 4 members (excludes halogenated alkanes) is 1. The lowest BCUT2D eigenvalue weighted by Crippen LogP contribution is -2.11. The number of carbonyl (C=O) groups is 1. The van der Waals surface area contributed by atoms with Crippen molar-refractivity contribution in [1.82, 2.24) is 4.98 Å². The molecule has 0 saturated heterocycles. The number of nitrogens with two attached hydrogens (primary N) is 1. The average Bonchev–Trinajstić information content (AvgIpc) is 2.43. The molecule has 1 heterocycles. The standard InChI is InChI=1S/C8H11BrN2OS/c1-2-3-4-5-6(7(10)12)13-8(9)11-5/h2-4H2,1H3,(H2,10,12). The van der Waals surface area contributed by atoms with Crippen LogP contribution in [-0.4, -0.2) is 10.9 Å². The number of rotatable bonds is 4. The molecule has 1 amide bonds. The molecule has 5 heteroatoms. The van der Waals surface area contributed by atoms with Crippen molar-refractivity contribution in [2.75, 3.05) is 0 Å². The molecule has 0 bridgehead atoms. The summed E-state index contributed by atoms with van der Waals surface area (Å²) in [5.41, 5.74) is 6.04. The Morgan fingerprint density at radius 3 is 2.92 bits per heavy atom. The zero-order valence-corrected chi connectivity index (χ0v) is 9.74. The molecule has 2 N–H and O–H groups in total. The molecular weight excluding hydrogens is 252 g/mol. The molecule has 1 rings (SSSR count). The van der Waals surface area contributed by atoms with Crippen LogP contribution in [0.5, 0.6) is 0 Å². The van der Waals surface area contributed by atoms with Crippen molar-refractivity contribution in [3.8, 4) is 0 Å². The van der Waals surface area contributed by atoms with Crippen LogP contribution in [0.2, 0.25) is 0 Å². The van der Waals surface area contributed by atoms with Crippen LogP contribution in [0.1, 0.15) is 35.1 Å². The van der Waals surface area contributed by atoms with Gasteiger partial charge < -0.3 is 5.73 Å². The molecular formula is C8H11BrN2OS. The number of hydrogen-bond acceptors (Lipinski definition) is 3. The zero-order chi connectivity index (χ0) is 9.84. The summed E-state index contributed by atoms with van der Waals surface area (Å²) in [5, 5.41) is 0. The van der Waals surface area contributed by atoms with E-state index >= 15 is 0 Å². The Balaban J connectivity index is 2.84. The molecule has 0 unspecified atom stereocenters. The number of thiazole rings is 1. The third kappa shape index (κ3) is 2.77. The number of halogens is 1. The minimum absolute atomic E-state index is 0.380. The normalized spacial score (nSPS) is 10.3. The van der Waals surface area contributed by atoms with E-state index in [1.807, 2.05) is 0 Å². The fourth-order valence-corrected chi connectivity index (χ4v) is 2.42. The maximum absolute atomic E-state index is 11.0. The summed E-state index contributed by atoms with van der Waals surface area (Å²) >= 11 is 4.55. The van der Waals surface area contributed by atoms with E-state index in [4.69, 9.17) is 5.73 Å². The molecule has 72 valence electrons. The molecule has 0 aliphatic heterocycles. The van der Waals surface area contributed by atoms with E-state index in [0.29, 0.717) is 4.88 Å². The first-order chi connectivity index (χ1) is 6.15. The van der Waals surface area contributed by atoms with Gasteiger partial charge in [0.15, 0.2) is 3.92 Å².